The van der Waals surface area contributed by atoms with Gasteiger partial charge in [0, 0.05) is 16.9 Å². The highest BCUT2D eigenvalue weighted by atomic mass is 16.5. The summed E-state index contributed by atoms with van der Waals surface area (Å²) in [5.74, 6) is 0.632. The van der Waals surface area contributed by atoms with E-state index in [0.29, 0.717) is 23.7 Å². The Kier molecular flexibility index (Phi) is 6.41. The number of aldehydes is 1. The molecule has 0 aliphatic rings. The number of nitrogens with zero attached hydrogens (tertiary/aromatic N) is 1. The number of hydrogen-bond donors (Lipinski definition) is 0. The highest BCUT2D eigenvalue weighted by Crippen LogP contribution is 2.29. The molecule has 0 heterocycles. The van der Waals surface area contributed by atoms with Crippen LogP contribution in [0.2, 0.25) is 0 Å². The molecule has 5 heteroatoms. The van der Waals surface area contributed by atoms with E-state index in [1.807, 2.05) is 67.6 Å². The average Bonchev–Trinajstić information content (AvgIpc) is 2.75. The Hall–Kier alpha value is -3.60. The van der Waals surface area contributed by atoms with Crippen LogP contribution in [0.3, 0.4) is 0 Å². The number of carbonyl (C=O) groups is 2. The smallest absolute Gasteiger partial charge is 0.269 e. The molecule has 3 rings (SSSR count). The summed E-state index contributed by atoms with van der Waals surface area (Å²) < 4.78 is 11.3. The quantitative estimate of drug-likeness (QED) is 0.538. The summed E-state index contributed by atoms with van der Waals surface area (Å²) in [4.78, 5) is 25.6. The molecule has 0 saturated carbocycles. The molecular formula is C23H21NO4. The summed E-state index contributed by atoms with van der Waals surface area (Å²) in [6.07, 6.45) is 0.740. The summed E-state index contributed by atoms with van der Waals surface area (Å²) in [7, 11) is 0. The minimum atomic E-state index is -0.223. The van der Waals surface area contributed by atoms with E-state index < -0.39 is 0 Å². The third-order valence-electron chi connectivity index (χ3n) is 4.03. The van der Waals surface area contributed by atoms with Crippen molar-refractivity contribution in [1.29, 1.82) is 0 Å². The van der Waals surface area contributed by atoms with Gasteiger partial charge in [0.25, 0.3) is 5.91 Å². The molecule has 28 heavy (non-hydrogen) atoms. The maximum Gasteiger partial charge on any atom is 0.269 e. The van der Waals surface area contributed by atoms with Crippen LogP contribution < -0.4 is 14.4 Å². The van der Waals surface area contributed by atoms with Gasteiger partial charge in [0.15, 0.2) is 18.1 Å². The van der Waals surface area contributed by atoms with Gasteiger partial charge >= 0.3 is 0 Å². The predicted octanol–water partition coefficient (Wildman–Crippen LogP) is 4.64. The molecule has 0 fully saturated rings. The molecule has 0 aliphatic carbocycles. The fourth-order valence-electron chi connectivity index (χ4n) is 2.78. The van der Waals surface area contributed by atoms with E-state index in [-0.39, 0.29) is 12.5 Å². The summed E-state index contributed by atoms with van der Waals surface area (Å²) >= 11 is 0. The van der Waals surface area contributed by atoms with Crippen molar-refractivity contribution >= 4 is 23.6 Å². The van der Waals surface area contributed by atoms with Gasteiger partial charge in [0.1, 0.15) is 6.29 Å². The third kappa shape index (κ3) is 4.57. The van der Waals surface area contributed by atoms with E-state index in [4.69, 9.17) is 9.47 Å². The topological polar surface area (TPSA) is 55.8 Å². The van der Waals surface area contributed by atoms with Crippen molar-refractivity contribution in [3.63, 3.8) is 0 Å². The van der Waals surface area contributed by atoms with E-state index in [1.54, 1.807) is 23.1 Å². The second-order valence-corrected chi connectivity index (χ2v) is 5.95. The fraction of sp³-hybridized carbons (Fsp3) is 0.130. The number of benzene rings is 3. The summed E-state index contributed by atoms with van der Waals surface area (Å²) in [5, 5.41) is 0. The Balaban J connectivity index is 1.83. The highest BCUT2D eigenvalue weighted by Gasteiger charge is 2.19. The van der Waals surface area contributed by atoms with Crippen molar-refractivity contribution in [2.24, 2.45) is 0 Å². The number of rotatable bonds is 8. The largest absolute Gasteiger partial charge is 0.490 e. The number of amides is 1. The molecule has 0 aliphatic heterocycles. The molecule has 0 atom stereocenters. The zero-order valence-corrected chi connectivity index (χ0v) is 15.6. The maximum atomic E-state index is 13.0. The first-order chi connectivity index (χ1) is 13.7. The van der Waals surface area contributed by atoms with Gasteiger partial charge < -0.3 is 9.47 Å². The van der Waals surface area contributed by atoms with Crippen molar-refractivity contribution in [3.05, 3.63) is 84.4 Å². The standard InChI is InChI=1S/C23H21NO4/c1-2-27-22-15-18(16-25)13-14-21(22)28-17-23(26)24(19-9-5-3-6-10-19)20-11-7-4-8-12-20/h3-16H,2,17H2,1H3. The minimum absolute atomic E-state index is 0.176. The summed E-state index contributed by atoms with van der Waals surface area (Å²) in [6, 6.07) is 23.7. The van der Waals surface area contributed by atoms with Gasteiger partial charge in [-0.25, -0.2) is 0 Å². The van der Waals surface area contributed by atoms with E-state index >= 15 is 0 Å². The maximum absolute atomic E-state index is 13.0. The molecule has 0 aromatic heterocycles. The first-order valence-corrected chi connectivity index (χ1v) is 9.00. The Morgan fingerprint density at radius 2 is 1.46 bits per heavy atom. The van der Waals surface area contributed by atoms with Crippen molar-refractivity contribution in [1.82, 2.24) is 0 Å². The molecule has 3 aromatic carbocycles. The van der Waals surface area contributed by atoms with Gasteiger partial charge in [-0.1, -0.05) is 36.4 Å². The van der Waals surface area contributed by atoms with Crippen LogP contribution in [0.15, 0.2) is 78.9 Å². The van der Waals surface area contributed by atoms with Crippen molar-refractivity contribution in [2.75, 3.05) is 18.1 Å². The molecular weight excluding hydrogens is 354 g/mol. The Bertz CT molecular complexity index is 886. The first-order valence-electron chi connectivity index (χ1n) is 9.00. The number of ether oxygens (including phenoxy) is 2. The van der Waals surface area contributed by atoms with Crippen LogP contribution in [0, 0.1) is 0 Å². The molecule has 142 valence electrons. The van der Waals surface area contributed by atoms with Crippen LogP contribution in [0.25, 0.3) is 0 Å². The fourth-order valence-corrected chi connectivity index (χ4v) is 2.78. The Morgan fingerprint density at radius 1 is 0.857 bits per heavy atom. The van der Waals surface area contributed by atoms with Gasteiger partial charge in [0.2, 0.25) is 0 Å². The molecule has 1 amide bonds. The molecule has 5 nitrogen and oxygen atoms in total. The second kappa shape index (κ2) is 9.37. The van der Waals surface area contributed by atoms with E-state index in [1.165, 1.54) is 0 Å². The normalized spacial score (nSPS) is 10.2. The number of hydrogen-bond acceptors (Lipinski definition) is 4. The lowest BCUT2D eigenvalue weighted by molar-refractivity contribution is -0.119. The van der Waals surface area contributed by atoms with Crippen LogP contribution >= 0.6 is 0 Å². The molecule has 0 unspecified atom stereocenters. The molecule has 0 radical (unpaired) electrons. The lowest BCUT2D eigenvalue weighted by Gasteiger charge is -2.23. The predicted molar refractivity (Wildman–Crippen MR) is 109 cm³/mol. The van der Waals surface area contributed by atoms with Crippen molar-refractivity contribution < 1.29 is 19.1 Å². The van der Waals surface area contributed by atoms with Gasteiger partial charge in [-0.2, -0.15) is 0 Å². The zero-order chi connectivity index (χ0) is 19.8. The Morgan fingerprint density at radius 3 is 2.00 bits per heavy atom. The molecule has 3 aromatic rings. The van der Waals surface area contributed by atoms with Crippen LogP contribution in [-0.4, -0.2) is 25.4 Å². The minimum Gasteiger partial charge on any atom is -0.490 e. The second-order valence-electron chi connectivity index (χ2n) is 5.95. The Labute approximate surface area is 164 Å². The average molecular weight is 375 g/mol. The van der Waals surface area contributed by atoms with E-state index in [0.717, 1.165) is 17.7 Å². The lowest BCUT2D eigenvalue weighted by Crippen LogP contribution is -2.31. The molecule has 0 N–H and O–H groups in total. The number of carbonyl (C=O) groups excluding carboxylic acids is 2. The van der Waals surface area contributed by atoms with Crippen LogP contribution in [0.1, 0.15) is 17.3 Å². The molecule has 0 saturated heterocycles. The van der Waals surface area contributed by atoms with Crippen molar-refractivity contribution in [2.45, 2.75) is 6.92 Å². The number of para-hydroxylation sites is 2. The van der Waals surface area contributed by atoms with Gasteiger partial charge in [-0.05, 0) is 49.4 Å². The third-order valence-corrected chi connectivity index (χ3v) is 4.03. The van der Waals surface area contributed by atoms with Crippen molar-refractivity contribution in [3.8, 4) is 11.5 Å². The highest BCUT2D eigenvalue weighted by molar-refractivity contribution is 6.01. The number of anilines is 2. The van der Waals surface area contributed by atoms with Gasteiger partial charge in [0.05, 0.1) is 6.61 Å². The van der Waals surface area contributed by atoms with E-state index in [9.17, 15) is 9.59 Å². The van der Waals surface area contributed by atoms with Gasteiger partial charge in [-0.15, -0.1) is 0 Å². The van der Waals surface area contributed by atoms with Crippen LogP contribution in [0.4, 0.5) is 11.4 Å². The summed E-state index contributed by atoms with van der Waals surface area (Å²) in [6.45, 7) is 2.09. The van der Waals surface area contributed by atoms with Gasteiger partial charge in [-0.3, -0.25) is 14.5 Å². The SMILES string of the molecule is CCOc1cc(C=O)ccc1OCC(=O)N(c1ccccc1)c1ccccc1. The monoisotopic (exact) mass is 375 g/mol. The molecule has 0 bridgehead atoms. The summed E-state index contributed by atoms with van der Waals surface area (Å²) in [5.41, 5.74) is 1.99. The van der Waals surface area contributed by atoms with E-state index in [2.05, 4.69) is 0 Å². The lowest BCUT2D eigenvalue weighted by atomic mass is 10.2. The molecule has 0 spiro atoms. The van der Waals surface area contributed by atoms with Crippen LogP contribution in [-0.2, 0) is 4.79 Å². The zero-order valence-electron chi connectivity index (χ0n) is 15.6. The van der Waals surface area contributed by atoms with Crippen LogP contribution in [0.5, 0.6) is 11.5 Å². The first kappa shape index (κ1) is 19.2.